The summed E-state index contributed by atoms with van der Waals surface area (Å²) < 4.78 is 13.8. The largest absolute Gasteiger partial charge is 0.394 e. The van der Waals surface area contributed by atoms with Crippen LogP contribution in [0.25, 0.3) is 0 Å². The van der Waals surface area contributed by atoms with E-state index in [0.717, 1.165) is 18.4 Å². The van der Waals surface area contributed by atoms with Crippen LogP contribution in [0.1, 0.15) is 69.0 Å². The molecule has 0 saturated heterocycles. The van der Waals surface area contributed by atoms with Crippen molar-refractivity contribution in [3.63, 3.8) is 0 Å². The smallest absolute Gasteiger partial charge is 0.128 e. The number of rotatable bonds is 10. The summed E-state index contributed by atoms with van der Waals surface area (Å²) in [6, 6.07) is 4.56. The first-order chi connectivity index (χ1) is 9.69. The van der Waals surface area contributed by atoms with Gasteiger partial charge >= 0.3 is 0 Å². The summed E-state index contributed by atoms with van der Waals surface area (Å²) in [5.41, 5.74) is 7.05. The minimum absolute atomic E-state index is 0.228. The number of hydrogen-bond donors (Lipinski definition) is 2. The third-order valence-electron chi connectivity index (χ3n) is 3.73. The number of benzene rings is 1. The molecule has 1 atom stereocenters. The zero-order valence-electron chi connectivity index (χ0n) is 12.6. The molecule has 3 N–H and O–H groups in total. The zero-order chi connectivity index (χ0) is 14.8. The number of halogens is 1. The lowest BCUT2D eigenvalue weighted by Gasteiger charge is -2.11. The van der Waals surface area contributed by atoms with Gasteiger partial charge in [-0.15, -0.1) is 0 Å². The highest BCUT2D eigenvalue weighted by Crippen LogP contribution is 2.18. The van der Waals surface area contributed by atoms with Crippen molar-refractivity contribution in [2.45, 2.75) is 64.3 Å². The minimum atomic E-state index is -0.623. The monoisotopic (exact) mass is 281 g/mol. The minimum Gasteiger partial charge on any atom is -0.394 e. The van der Waals surface area contributed by atoms with Gasteiger partial charge in [-0.05, 0) is 24.5 Å². The second-order valence-corrected chi connectivity index (χ2v) is 5.52. The topological polar surface area (TPSA) is 46.2 Å². The summed E-state index contributed by atoms with van der Waals surface area (Å²) >= 11 is 0. The Hall–Kier alpha value is -0.930. The van der Waals surface area contributed by atoms with Crippen LogP contribution in [0.4, 0.5) is 4.39 Å². The van der Waals surface area contributed by atoms with Crippen molar-refractivity contribution in [3.8, 4) is 0 Å². The van der Waals surface area contributed by atoms with Crippen molar-refractivity contribution in [2.24, 2.45) is 5.73 Å². The Balaban J connectivity index is 2.29. The fourth-order valence-electron chi connectivity index (χ4n) is 2.41. The molecule has 0 bridgehead atoms. The Morgan fingerprint density at radius 3 is 2.35 bits per heavy atom. The number of aryl methyl sites for hydroxylation is 1. The maximum absolute atomic E-state index is 13.8. The highest BCUT2D eigenvalue weighted by Gasteiger charge is 2.10. The fraction of sp³-hybridized carbons (Fsp3) is 0.647. The van der Waals surface area contributed by atoms with E-state index in [1.165, 1.54) is 38.5 Å². The van der Waals surface area contributed by atoms with Gasteiger partial charge in [0.05, 0.1) is 12.6 Å². The highest BCUT2D eigenvalue weighted by atomic mass is 19.1. The summed E-state index contributed by atoms with van der Waals surface area (Å²) in [5, 5.41) is 8.95. The van der Waals surface area contributed by atoms with Crippen molar-refractivity contribution in [3.05, 3.63) is 35.1 Å². The zero-order valence-corrected chi connectivity index (χ0v) is 12.6. The van der Waals surface area contributed by atoms with Gasteiger partial charge in [0, 0.05) is 5.56 Å². The van der Waals surface area contributed by atoms with Crippen molar-refractivity contribution < 1.29 is 9.50 Å². The maximum atomic E-state index is 13.8. The summed E-state index contributed by atoms with van der Waals surface area (Å²) in [5.74, 6) is -0.299. The number of hydrogen-bond acceptors (Lipinski definition) is 2. The molecule has 0 heterocycles. The van der Waals surface area contributed by atoms with Crippen molar-refractivity contribution in [1.82, 2.24) is 0 Å². The van der Waals surface area contributed by atoms with Gasteiger partial charge in [0.25, 0.3) is 0 Å². The van der Waals surface area contributed by atoms with Crippen LogP contribution < -0.4 is 5.73 Å². The molecule has 0 aliphatic rings. The van der Waals surface area contributed by atoms with Gasteiger partial charge in [0.15, 0.2) is 0 Å². The van der Waals surface area contributed by atoms with Crippen LogP contribution in [0.2, 0.25) is 0 Å². The molecule has 3 heteroatoms. The van der Waals surface area contributed by atoms with Gasteiger partial charge in [-0.2, -0.15) is 0 Å². The Kier molecular flexibility index (Phi) is 8.47. The second kappa shape index (κ2) is 9.89. The van der Waals surface area contributed by atoms with E-state index < -0.39 is 6.04 Å². The molecule has 0 fully saturated rings. The molecule has 114 valence electrons. The molecule has 0 aliphatic heterocycles. The predicted molar refractivity (Wildman–Crippen MR) is 82.1 cm³/mol. The molecule has 0 radical (unpaired) electrons. The van der Waals surface area contributed by atoms with Gasteiger partial charge in [-0.3, -0.25) is 0 Å². The third kappa shape index (κ3) is 6.02. The van der Waals surface area contributed by atoms with Crippen LogP contribution in [0, 0.1) is 5.82 Å². The van der Waals surface area contributed by atoms with Crippen molar-refractivity contribution in [1.29, 1.82) is 0 Å². The first-order valence-electron chi connectivity index (χ1n) is 7.83. The Labute approximate surface area is 122 Å². The predicted octanol–water partition coefficient (Wildman–Crippen LogP) is 4.11. The highest BCUT2D eigenvalue weighted by molar-refractivity contribution is 5.26. The lowest BCUT2D eigenvalue weighted by Crippen LogP contribution is -2.16. The number of unbranched alkanes of at least 4 members (excludes halogenated alkanes) is 6. The molecule has 0 aliphatic carbocycles. The summed E-state index contributed by atoms with van der Waals surface area (Å²) in [4.78, 5) is 0. The maximum Gasteiger partial charge on any atom is 0.128 e. The molecular weight excluding hydrogens is 253 g/mol. The molecular formula is C17H28FNO. The van der Waals surface area contributed by atoms with Crippen molar-refractivity contribution in [2.75, 3.05) is 6.61 Å². The third-order valence-corrected chi connectivity index (χ3v) is 3.73. The van der Waals surface area contributed by atoms with Crippen LogP contribution in [0.15, 0.2) is 18.2 Å². The summed E-state index contributed by atoms with van der Waals surface area (Å²) in [6.07, 6.45) is 9.76. The number of nitrogens with two attached hydrogens (primary N) is 1. The average Bonchev–Trinajstić information content (AvgIpc) is 2.45. The first kappa shape index (κ1) is 17.1. The lowest BCUT2D eigenvalue weighted by molar-refractivity contribution is 0.265. The molecule has 1 rings (SSSR count). The molecule has 0 saturated carbocycles. The molecule has 1 aromatic carbocycles. The van der Waals surface area contributed by atoms with Gasteiger partial charge in [-0.25, -0.2) is 4.39 Å². The number of aliphatic hydroxyl groups excluding tert-OH is 1. The molecule has 1 aromatic rings. The lowest BCUT2D eigenvalue weighted by atomic mass is 10.0. The molecule has 1 unspecified atom stereocenters. The summed E-state index contributed by atoms with van der Waals surface area (Å²) in [6.45, 7) is 1.99. The summed E-state index contributed by atoms with van der Waals surface area (Å²) in [7, 11) is 0. The van der Waals surface area contributed by atoms with E-state index in [4.69, 9.17) is 10.8 Å². The Bertz CT molecular complexity index is 381. The van der Waals surface area contributed by atoms with Gasteiger partial charge in [-0.1, -0.05) is 57.6 Å². The van der Waals surface area contributed by atoms with E-state index >= 15 is 0 Å². The van der Waals surface area contributed by atoms with E-state index in [0.29, 0.717) is 5.56 Å². The Morgan fingerprint density at radius 1 is 1.10 bits per heavy atom. The van der Waals surface area contributed by atoms with Crippen LogP contribution in [-0.4, -0.2) is 11.7 Å². The number of aliphatic hydroxyl groups is 1. The van der Waals surface area contributed by atoms with Crippen molar-refractivity contribution >= 4 is 0 Å². The van der Waals surface area contributed by atoms with Gasteiger partial charge < -0.3 is 10.8 Å². The van der Waals surface area contributed by atoms with Gasteiger partial charge in [0.2, 0.25) is 0 Å². The van der Waals surface area contributed by atoms with E-state index in [9.17, 15) is 4.39 Å². The SMILES string of the molecule is CCCCCCCCCc1ccc(C(N)CO)c(F)c1. The van der Waals surface area contributed by atoms with E-state index in [1.54, 1.807) is 12.1 Å². The van der Waals surface area contributed by atoms with E-state index in [1.807, 2.05) is 6.07 Å². The standard InChI is InChI=1S/C17H28FNO/c1-2-3-4-5-6-7-8-9-14-10-11-15(16(18)12-14)17(19)13-20/h10-12,17,20H,2-9,13,19H2,1H3. The van der Waals surface area contributed by atoms with Crippen LogP contribution in [-0.2, 0) is 6.42 Å². The van der Waals surface area contributed by atoms with Crippen LogP contribution >= 0.6 is 0 Å². The molecule has 0 aromatic heterocycles. The van der Waals surface area contributed by atoms with Crippen LogP contribution in [0.3, 0.4) is 0 Å². The second-order valence-electron chi connectivity index (χ2n) is 5.52. The first-order valence-corrected chi connectivity index (χ1v) is 7.83. The average molecular weight is 281 g/mol. The molecule has 20 heavy (non-hydrogen) atoms. The molecule has 0 amide bonds. The fourth-order valence-corrected chi connectivity index (χ4v) is 2.41. The normalized spacial score (nSPS) is 12.6. The van der Waals surface area contributed by atoms with Crippen LogP contribution in [0.5, 0.6) is 0 Å². The van der Waals surface area contributed by atoms with E-state index in [-0.39, 0.29) is 12.4 Å². The molecule has 2 nitrogen and oxygen atoms in total. The van der Waals surface area contributed by atoms with E-state index in [2.05, 4.69) is 6.92 Å². The quantitative estimate of drug-likeness (QED) is 0.634. The van der Waals surface area contributed by atoms with Gasteiger partial charge in [0.1, 0.15) is 5.82 Å². The Morgan fingerprint density at radius 2 is 1.75 bits per heavy atom. The molecule has 0 spiro atoms.